The van der Waals surface area contributed by atoms with E-state index in [1.54, 1.807) is 25.1 Å². The fourth-order valence-electron chi connectivity index (χ4n) is 6.53. The Morgan fingerprint density at radius 2 is 1.91 bits per heavy atom. The molecule has 0 radical (unpaired) electrons. The molecule has 5 rings (SSSR count). The Balaban J connectivity index is 1.70. The zero-order valence-corrected chi connectivity index (χ0v) is 19.4. The third kappa shape index (κ3) is 3.08. The standard InChI is InChI=1S/C26H28N2O7/c1-28(2)20-15-10-12-9-14-13(11-5-3-4-6-11)7-8-16(29)18(14)21(30)17(12)23(32)26(15,35)24(33)19(22(20)31)25(27)34/h3,5-8,12,15,19-20,22,29-31,35H,4,9-10H2,1-2H3,(H2,27,34)/t12-,15-,19?,20?,22?,26-/m1/s1. The second-order valence-corrected chi connectivity index (χ2v) is 10.1. The number of fused-ring (bicyclic) bond motifs is 3. The molecule has 2 saturated carbocycles. The number of Topliss-reactive ketones (excluding diaryl/α,β-unsaturated/α-hetero) is 2. The minimum Gasteiger partial charge on any atom is -0.507 e. The van der Waals surface area contributed by atoms with Crippen molar-refractivity contribution >= 4 is 28.8 Å². The Labute approximate surface area is 201 Å². The molecule has 1 aromatic carbocycles. The number of aliphatic hydroxyl groups is 3. The summed E-state index contributed by atoms with van der Waals surface area (Å²) in [5.41, 5.74) is 5.13. The van der Waals surface area contributed by atoms with Crippen molar-refractivity contribution in [1.82, 2.24) is 4.90 Å². The number of phenols is 1. The van der Waals surface area contributed by atoms with E-state index in [-0.39, 0.29) is 29.7 Å². The van der Waals surface area contributed by atoms with Crippen LogP contribution in [0.4, 0.5) is 0 Å². The Hall–Kier alpha value is -3.27. The number of allylic oxidation sites excluding steroid dienone is 4. The summed E-state index contributed by atoms with van der Waals surface area (Å²) in [5, 5.41) is 44.4. The molecule has 35 heavy (non-hydrogen) atoms. The van der Waals surface area contributed by atoms with E-state index in [9.17, 15) is 34.8 Å². The van der Waals surface area contributed by atoms with E-state index in [0.717, 1.165) is 17.6 Å². The topological polar surface area (TPSA) is 161 Å². The number of aromatic hydroxyl groups is 1. The van der Waals surface area contributed by atoms with E-state index in [1.807, 2.05) is 18.2 Å². The zero-order chi connectivity index (χ0) is 25.4. The largest absolute Gasteiger partial charge is 0.507 e. The van der Waals surface area contributed by atoms with Crippen molar-refractivity contribution < 1.29 is 34.8 Å². The van der Waals surface area contributed by atoms with Gasteiger partial charge in [-0.3, -0.25) is 14.4 Å². The highest BCUT2D eigenvalue weighted by molar-refractivity contribution is 6.25. The third-order valence-electron chi connectivity index (χ3n) is 8.05. The maximum Gasteiger partial charge on any atom is 0.230 e. The average molecular weight is 481 g/mol. The van der Waals surface area contributed by atoms with Crippen LogP contribution >= 0.6 is 0 Å². The maximum atomic E-state index is 13.8. The summed E-state index contributed by atoms with van der Waals surface area (Å²) in [6.07, 6.45) is 5.62. The normalized spacial score (nSPS) is 34.0. The fraction of sp³-hybridized carbons (Fsp3) is 0.423. The van der Waals surface area contributed by atoms with Crippen molar-refractivity contribution in [3.8, 4) is 5.75 Å². The van der Waals surface area contributed by atoms with Crippen molar-refractivity contribution in [3.05, 3.63) is 52.6 Å². The highest BCUT2D eigenvalue weighted by Gasteiger charge is 2.67. The van der Waals surface area contributed by atoms with Crippen LogP contribution in [0.15, 0.2) is 35.9 Å². The van der Waals surface area contributed by atoms with Crippen LogP contribution in [0.5, 0.6) is 5.75 Å². The van der Waals surface area contributed by atoms with Gasteiger partial charge in [0, 0.05) is 17.5 Å². The lowest BCUT2D eigenvalue weighted by atomic mass is 9.54. The highest BCUT2D eigenvalue weighted by atomic mass is 16.3. The van der Waals surface area contributed by atoms with Gasteiger partial charge in [0.2, 0.25) is 11.7 Å². The van der Waals surface area contributed by atoms with Gasteiger partial charge in [-0.05, 0) is 62.0 Å². The van der Waals surface area contributed by atoms with E-state index < -0.39 is 58.7 Å². The quantitative estimate of drug-likeness (QED) is 0.390. The number of hydrogen-bond donors (Lipinski definition) is 5. The number of likely N-dealkylation sites (N-methyl/N-ethyl adjacent to an activating group) is 1. The summed E-state index contributed by atoms with van der Waals surface area (Å²) < 4.78 is 0. The van der Waals surface area contributed by atoms with Gasteiger partial charge in [-0.15, -0.1) is 0 Å². The summed E-state index contributed by atoms with van der Waals surface area (Å²) >= 11 is 0. The SMILES string of the molecule is CN(C)C1C(O)C(C(N)=O)C(=O)[C@]2(O)C(=O)C3=C(O)c4c(O)ccc(C5=CCC=C5)c4C[C@@H]3C[C@H]12. The summed E-state index contributed by atoms with van der Waals surface area (Å²) in [6.45, 7) is 0. The van der Waals surface area contributed by atoms with Gasteiger partial charge in [-0.1, -0.05) is 24.3 Å². The molecule has 1 aromatic rings. The monoisotopic (exact) mass is 480 g/mol. The van der Waals surface area contributed by atoms with Crippen LogP contribution in [-0.2, 0) is 20.8 Å². The van der Waals surface area contributed by atoms with Crippen LogP contribution in [0.3, 0.4) is 0 Å². The van der Waals surface area contributed by atoms with Crippen molar-refractivity contribution in [3.63, 3.8) is 0 Å². The Bertz CT molecular complexity index is 1260. The van der Waals surface area contributed by atoms with Gasteiger partial charge < -0.3 is 31.1 Å². The lowest BCUT2D eigenvalue weighted by molar-refractivity contribution is -0.184. The van der Waals surface area contributed by atoms with Gasteiger partial charge in [0.05, 0.1) is 11.7 Å². The smallest absolute Gasteiger partial charge is 0.230 e. The van der Waals surface area contributed by atoms with E-state index in [2.05, 4.69) is 0 Å². The van der Waals surface area contributed by atoms with Crippen molar-refractivity contribution in [2.24, 2.45) is 23.5 Å². The van der Waals surface area contributed by atoms with Gasteiger partial charge in [-0.2, -0.15) is 0 Å². The molecule has 4 aliphatic rings. The highest BCUT2D eigenvalue weighted by Crippen LogP contribution is 2.53. The van der Waals surface area contributed by atoms with Gasteiger partial charge in [0.1, 0.15) is 17.4 Å². The van der Waals surface area contributed by atoms with E-state index in [0.29, 0.717) is 5.56 Å². The number of hydrogen-bond acceptors (Lipinski definition) is 8. The second-order valence-electron chi connectivity index (χ2n) is 10.1. The van der Waals surface area contributed by atoms with Crippen molar-refractivity contribution in [2.75, 3.05) is 14.1 Å². The molecule has 2 fully saturated rings. The zero-order valence-electron chi connectivity index (χ0n) is 19.4. The summed E-state index contributed by atoms with van der Waals surface area (Å²) in [4.78, 5) is 40.8. The van der Waals surface area contributed by atoms with Gasteiger partial charge >= 0.3 is 0 Å². The van der Waals surface area contributed by atoms with Crippen molar-refractivity contribution in [1.29, 1.82) is 0 Å². The molecule has 184 valence electrons. The number of rotatable bonds is 3. The molecular formula is C26H28N2O7. The first-order valence-corrected chi connectivity index (χ1v) is 11.6. The van der Waals surface area contributed by atoms with E-state index >= 15 is 0 Å². The van der Waals surface area contributed by atoms with E-state index in [4.69, 9.17) is 5.73 Å². The van der Waals surface area contributed by atoms with E-state index in [1.165, 1.54) is 6.07 Å². The van der Waals surface area contributed by atoms with Crippen LogP contribution < -0.4 is 5.73 Å². The van der Waals surface area contributed by atoms with Gasteiger partial charge in [0.15, 0.2) is 11.4 Å². The van der Waals surface area contributed by atoms with Crippen LogP contribution in [0, 0.1) is 17.8 Å². The molecule has 4 aliphatic carbocycles. The fourth-order valence-corrected chi connectivity index (χ4v) is 6.53. The van der Waals surface area contributed by atoms with Crippen LogP contribution in [0.25, 0.3) is 11.3 Å². The number of primary amides is 1. The lowest BCUT2D eigenvalue weighted by Crippen LogP contribution is -2.73. The number of amides is 1. The van der Waals surface area contributed by atoms with Crippen molar-refractivity contribution in [2.45, 2.75) is 37.0 Å². The minimum absolute atomic E-state index is 0.0994. The number of carbonyl (C=O) groups excluding carboxylic acids is 3. The summed E-state index contributed by atoms with van der Waals surface area (Å²) in [5.74, 6) is -7.38. The number of nitrogens with two attached hydrogens (primary N) is 1. The second kappa shape index (κ2) is 7.87. The average Bonchev–Trinajstić information content (AvgIpc) is 3.30. The van der Waals surface area contributed by atoms with Crippen LogP contribution in [0.1, 0.15) is 29.5 Å². The first-order chi connectivity index (χ1) is 16.5. The lowest BCUT2D eigenvalue weighted by Gasteiger charge is -2.53. The first kappa shape index (κ1) is 23.5. The molecule has 0 bridgehead atoms. The minimum atomic E-state index is -2.64. The number of carbonyl (C=O) groups is 3. The summed E-state index contributed by atoms with van der Waals surface area (Å²) in [7, 11) is 3.25. The number of ketones is 2. The molecule has 0 heterocycles. The number of aliphatic hydroxyl groups excluding tert-OH is 2. The molecule has 0 saturated heterocycles. The molecule has 1 amide bonds. The Kier molecular flexibility index (Phi) is 5.28. The predicted octanol–water partition coefficient (Wildman–Crippen LogP) is 0.472. The Morgan fingerprint density at radius 3 is 2.51 bits per heavy atom. The molecule has 6 N–H and O–H groups in total. The van der Waals surface area contributed by atoms with Gasteiger partial charge in [-0.25, -0.2) is 0 Å². The predicted molar refractivity (Wildman–Crippen MR) is 126 cm³/mol. The Morgan fingerprint density at radius 1 is 1.20 bits per heavy atom. The molecule has 9 nitrogen and oxygen atoms in total. The first-order valence-electron chi connectivity index (χ1n) is 11.6. The molecule has 6 atom stereocenters. The molecule has 0 aliphatic heterocycles. The number of benzene rings is 1. The number of nitrogens with zero attached hydrogens (tertiary/aromatic N) is 1. The maximum absolute atomic E-state index is 13.8. The van der Waals surface area contributed by atoms with Crippen LogP contribution in [-0.4, -0.2) is 74.6 Å². The molecule has 0 spiro atoms. The molecule has 0 aromatic heterocycles. The molecule has 9 heteroatoms. The number of phenolic OH excluding ortho intramolecular Hbond substituents is 1. The van der Waals surface area contributed by atoms with Gasteiger partial charge in [0.25, 0.3) is 0 Å². The summed E-state index contributed by atoms with van der Waals surface area (Å²) in [6, 6.07) is 2.30. The van der Waals surface area contributed by atoms with Crippen LogP contribution in [0.2, 0.25) is 0 Å². The third-order valence-corrected chi connectivity index (χ3v) is 8.05. The molecular weight excluding hydrogens is 452 g/mol. The molecule has 3 unspecified atom stereocenters.